The topological polar surface area (TPSA) is 112 Å². The van der Waals surface area contributed by atoms with E-state index in [0.29, 0.717) is 0 Å². The number of hydrogen-bond donors (Lipinski definition) is 3. The minimum atomic E-state index is -4.51. The maximum atomic E-state index is 12.9. The third-order valence-corrected chi connectivity index (χ3v) is 3.80. The van der Waals surface area contributed by atoms with Crippen LogP contribution in [0.25, 0.3) is 22.3 Å². The lowest BCUT2D eigenvalue weighted by molar-refractivity contribution is -0.137. The number of nitrogens with one attached hydrogen (secondary N) is 1. The first-order valence-corrected chi connectivity index (χ1v) is 7.83. The summed E-state index contributed by atoms with van der Waals surface area (Å²) in [7, 11) is 0. The van der Waals surface area contributed by atoms with Gasteiger partial charge >= 0.3 is 12.1 Å². The number of rotatable bonds is 4. The quantitative estimate of drug-likeness (QED) is 0.631. The highest BCUT2D eigenvalue weighted by atomic mass is 19.4. The molecule has 0 aliphatic heterocycles. The fourth-order valence-electron chi connectivity index (χ4n) is 2.54. The summed E-state index contributed by atoms with van der Waals surface area (Å²) in [5, 5.41) is 20.7. The number of benzene rings is 2. The van der Waals surface area contributed by atoms with Gasteiger partial charge in [-0.2, -0.15) is 13.2 Å². The lowest BCUT2D eigenvalue weighted by Crippen LogP contribution is -2.29. The Morgan fingerprint density at radius 3 is 2.57 bits per heavy atom. The van der Waals surface area contributed by atoms with Crippen LogP contribution in [0.5, 0.6) is 5.75 Å². The van der Waals surface area contributed by atoms with Gasteiger partial charge in [0.25, 0.3) is 5.91 Å². The molecule has 2 aromatic carbocycles. The lowest BCUT2D eigenvalue weighted by Gasteiger charge is -2.10. The van der Waals surface area contributed by atoms with Gasteiger partial charge in [-0.25, -0.2) is 4.98 Å². The molecule has 0 unspecified atom stereocenters. The maximum Gasteiger partial charge on any atom is 0.416 e. The fraction of sp³-hybridized carbons (Fsp3) is 0.111. The van der Waals surface area contributed by atoms with Crippen LogP contribution in [0.1, 0.15) is 15.9 Å². The molecule has 1 heterocycles. The zero-order chi connectivity index (χ0) is 20.5. The molecule has 0 spiro atoms. The van der Waals surface area contributed by atoms with Crippen LogP contribution < -0.4 is 5.32 Å². The Labute approximate surface area is 155 Å². The van der Waals surface area contributed by atoms with Gasteiger partial charge in [0, 0.05) is 5.56 Å². The largest absolute Gasteiger partial charge is 0.507 e. The number of phenolic OH excluding ortho intramolecular Hbond substituents is 1. The number of aliphatic carboxylic acids is 1. The minimum absolute atomic E-state index is 0.0152. The van der Waals surface area contributed by atoms with E-state index in [0.717, 1.165) is 12.1 Å². The number of halogens is 3. The Hall–Kier alpha value is -3.69. The number of aromatic hydroxyl groups is 1. The predicted molar refractivity (Wildman–Crippen MR) is 91.6 cm³/mol. The highest BCUT2D eigenvalue weighted by molar-refractivity contribution is 6.08. The molecule has 0 aliphatic rings. The smallest absolute Gasteiger partial charge is 0.416 e. The summed E-state index contributed by atoms with van der Waals surface area (Å²) in [5.41, 5.74) is -0.671. The molecule has 10 heteroatoms. The van der Waals surface area contributed by atoms with Crippen LogP contribution in [0.2, 0.25) is 0 Å². The molecule has 0 radical (unpaired) electrons. The summed E-state index contributed by atoms with van der Waals surface area (Å²) in [4.78, 5) is 31.0. The molecule has 3 aromatic rings. The number of alkyl halides is 3. The first-order valence-electron chi connectivity index (χ1n) is 7.83. The number of phenols is 1. The van der Waals surface area contributed by atoms with E-state index in [9.17, 15) is 27.9 Å². The number of aromatic nitrogens is 2. The molecular formula is C18H12F3N3O4. The summed E-state index contributed by atoms with van der Waals surface area (Å²) in [6.07, 6.45) is -3.34. The van der Waals surface area contributed by atoms with E-state index in [4.69, 9.17) is 5.11 Å². The number of amides is 1. The monoisotopic (exact) mass is 391 g/mol. The Kier molecular flexibility index (Phi) is 4.87. The van der Waals surface area contributed by atoms with Crippen molar-refractivity contribution in [2.45, 2.75) is 6.18 Å². The molecule has 28 heavy (non-hydrogen) atoms. The van der Waals surface area contributed by atoms with Crippen molar-refractivity contribution in [1.29, 1.82) is 0 Å². The van der Waals surface area contributed by atoms with Gasteiger partial charge in [0.05, 0.1) is 23.0 Å². The average Bonchev–Trinajstić information content (AvgIpc) is 2.65. The van der Waals surface area contributed by atoms with Gasteiger partial charge < -0.3 is 15.5 Å². The van der Waals surface area contributed by atoms with E-state index in [2.05, 4.69) is 15.3 Å². The van der Waals surface area contributed by atoms with Crippen molar-refractivity contribution in [2.75, 3.05) is 6.54 Å². The van der Waals surface area contributed by atoms with Crippen molar-refractivity contribution < 1.29 is 33.0 Å². The molecule has 3 rings (SSSR count). The third-order valence-electron chi connectivity index (χ3n) is 3.80. The number of nitrogens with zero attached hydrogens (tertiary/aromatic N) is 2. The second-order valence-corrected chi connectivity index (χ2v) is 5.74. The van der Waals surface area contributed by atoms with Crippen molar-refractivity contribution in [1.82, 2.24) is 15.3 Å². The molecule has 144 valence electrons. The molecule has 1 aromatic heterocycles. The predicted octanol–water partition coefficient (Wildman–Crippen LogP) is 2.84. The number of fused-ring (bicyclic) bond motifs is 1. The van der Waals surface area contributed by atoms with E-state index >= 15 is 0 Å². The Morgan fingerprint density at radius 2 is 1.89 bits per heavy atom. The van der Waals surface area contributed by atoms with Gasteiger partial charge in [0.2, 0.25) is 0 Å². The van der Waals surface area contributed by atoms with Crippen LogP contribution in [0, 0.1) is 0 Å². The number of carboxylic acid groups (broad SMARTS) is 1. The number of hydrogen-bond acceptors (Lipinski definition) is 5. The standard InChI is InChI=1S/C18H12F3N3O4/c19-18(20,21)10-3-1-2-9(6-10)12-7-22-16-11(24-12)4-5-13(25)15(16)17(28)23-8-14(26)27/h1-7,25H,8H2,(H,23,28)(H,26,27). The van der Waals surface area contributed by atoms with E-state index in [1.54, 1.807) is 0 Å². The molecule has 3 N–H and O–H groups in total. The van der Waals surface area contributed by atoms with Crippen molar-refractivity contribution in [3.8, 4) is 17.0 Å². The average molecular weight is 391 g/mol. The molecule has 1 amide bonds. The first kappa shape index (κ1) is 19.1. The zero-order valence-electron chi connectivity index (χ0n) is 14.0. The maximum absolute atomic E-state index is 12.9. The molecule has 7 nitrogen and oxygen atoms in total. The van der Waals surface area contributed by atoms with Crippen molar-refractivity contribution in [3.63, 3.8) is 0 Å². The van der Waals surface area contributed by atoms with E-state index in [1.165, 1.54) is 30.5 Å². The normalized spacial score (nSPS) is 11.4. The van der Waals surface area contributed by atoms with Crippen LogP contribution in [0.15, 0.2) is 42.6 Å². The molecule has 0 saturated heterocycles. The highest BCUT2D eigenvalue weighted by Crippen LogP contribution is 2.32. The van der Waals surface area contributed by atoms with E-state index in [-0.39, 0.29) is 27.9 Å². The summed E-state index contributed by atoms with van der Waals surface area (Å²) < 4.78 is 38.7. The number of carboxylic acids is 1. The van der Waals surface area contributed by atoms with E-state index < -0.39 is 35.9 Å². The summed E-state index contributed by atoms with van der Waals surface area (Å²) >= 11 is 0. The van der Waals surface area contributed by atoms with E-state index in [1.807, 2.05) is 0 Å². The van der Waals surface area contributed by atoms with Gasteiger partial charge in [-0.05, 0) is 24.3 Å². The van der Waals surface area contributed by atoms with Crippen LogP contribution in [-0.4, -0.2) is 38.6 Å². The first-order chi connectivity index (χ1) is 13.2. The van der Waals surface area contributed by atoms with Crippen molar-refractivity contribution in [3.05, 3.63) is 53.7 Å². The molecular weight excluding hydrogens is 379 g/mol. The van der Waals surface area contributed by atoms with Crippen molar-refractivity contribution in [2.24, 2.45) is 0 Å². The van der Waals surface area contributed by atoms with Crippen LogP contribution in [0.3, 0.4) is 0 Å². The lowest BCUT2D eigenvalue weighted by atomic mass is 10.1. The third kappa shape index (κ3) is 3.85. The van der Waals surface area contributed by atoms with Gasteiger partial charge in [0.15, 0.2) is 0 Å². The van der Waals surface area contributed by atoms with Crippen LogP contribution >= 0.6 is 0 Å². The molecule has 0 fully saturated rings. The summed E-state index contributed by atoms with van der Waals surface area (Å²) in [5.74, 6) is -2.57. The van der Waals surface area contributed by atoms with Crippen molar-refractivity contribution >= 4 is 22.9 Å². The van der Waals surface area contributed by atoms with Gasteiger partial charge in [-0.1, -0.05) is 12.1 Å². The molecule has 0 saturated carbocycles. The van der Waals surface area contributed by atoms with Gasteiger partial charge in [0.1, 0.15) is 23.4 Å². The Bertz CT molecular complexity index is 1080. The minimum Gasteiger partial charge on any atom is -0.507 e. The summed E-state index contributed by atoms with van der Waals surface area (Å²) in [6, 6.07) is 7.06. The SMILES string of the molecule is O=C(O)CNC(=O)c1c(O)ccc2nc(-c3cccc(C(F)(F)F)c3)cnc12. The zero-order valence-corrected chi connectivity index (χ0v) is 14.0. The number of carbonyl (C=O) groups is 2. The second-order valence-electron chi connectivity index (χ2n) is 5.74. The Balaban J connectivity index is 2.05. The second kappa shape index (κ2) is 7.14. The molecule has 0 bridgehead atoms. The van der Waals surface area contributed by atoms with Gasteiger partial charge in [-0.15, -0.1) is 0 Å². The van der Waals surface area contributed by atoms with Crippen LogP contribution in [0.4, 0.5) is 13.2 Å². The molecule has 0 atom stereocenters. The fourth-order valence-corrected chi connectivity index (χ4v) is 2.54. The molecule has 0 aliphatic carbocycles. The Morgan fingerprint density at radius 1 is 1.14 bits per heavy atom. The van der Waals surface area contributed by atoms with Crippen LogP contribution in [-0.2, 0) is 11.0 Å². The number of carbonyl (C=O) groups excluding carboxylic acids is 1. The van der Waals surface area contributed by atoms with Gasteiger partial charge in [-0.3, -0.25) is 14.6 Å². The summed E-state index contributed by atoms with van der Waals surface area (Å²) in [6.45, 7) is -0.662. The highest BCUT2D eigenvalue weighted by Gasteiger charge is 2.30.